The van der Waals surface area contributed by atoms with Crippen molar-refractivity contribution in [2.75, 3.05) is 27.3 Å². The fraction of sp³-hybridized carbons (Fsp3) is 0.714. The van der Waals surface area contributed by atoms with E-state index in [1.807, 2.05) is 20.8 Å². The number of sulfonamides is 1. The molecule has 7 heteroatoms. The highest BCUT2D eigenvalue weighted by molar-refractivity contribution is 7.89. The van der Waals surface area contributed by atoms with Crippen molar-refractivity contribution < 1.29 is 17.6 Å². The number of methoxy groups -OCH3 is 1. The Hall–Kier alpha value is -0.890. The molecular weight excluding hydrogens is 292 g/mol. The summed E-state index contributed by atoms with van der Waals surface area (Å²) in [7, 11) is -0.371. The van der Waals surface area contributed by atoms with Crippen LogP contribution in [0.4, 0.5) is 0 Å². The van der Waals surface area contributed by atoms with Crippen LogP contribution in [-0.2, 0) is 21.3 Å². The zero-order chi connectivity index (χ0) is 16.0. The average Bonchev–Trinajstić information content (AvgIpc) is 2.91. The van der Waals surface area contributed by atoms with Crippen LogP contribution in [0.3, 0.4) is 0 Å². The molecule has 0 amide bonds. The van der Waals surface area contributed by atoms with Crippen LogP contribution < -0.4 is 5.32 Å². The van der Waals surface area contributed by atoms with Gasteiger partial charge in [0.15, 0.2) is 0 Å². The maximum absolute atomic E-state index is 12.5. The van der Waals surface area contributed by atoms with Gasteiger partial charge in [0.2, 0.25) is 5.09 Å². The number of rotatable bonds is 9. The minimum atomic E-state index is -3.58. The van der Waals surface area contributed by atoms with Crippen LogP contribution in [0.25, 0.3) is 0 Å². The zero-order valence-corrected chi connectivity index (χ0v) is 14.2. The number of furan rings is 1. The molecule has 0 saturated heterocycles. The Balaban J connectivity index is 2.74. The van der Waals surface area contributed by atoms with Gasteiger partial charge in [0.25, 0.3) is 10.0 Å². The molecule has 0 fully saturated rings. The summed E-state index contributed by atoms with van der Waals surface area (Å²) < 4.78 is 36.6. The van der Waals surface area contributed by atoms with Gasteiger partial charge in [-0.2, -0.15) is 4.31 Å². The summed E-state index contributed by atoms with van der Waals surface area (Å²) in [5.41, 5.74) is 0. The first-order chi connectivity index (χ1) is 9.80. The van der Waals surface area contributed by atoms with Gasteiger partial charge in [0.05, 0.1) is 13.2 Å². The molecule has 1 aromatic rings. The van der Waals surface area contributed by atoms with Gasteiger partial charge >= 0.3 is 0 Å². The van der Waals surface area contributed by atoms with Crippen molar-refractivity contribution in [3.63, 3.8) is 0 Å². The van der Waals surface area contributed by atoms with E-state index in [1.165, 1.54) is 10.4 Å². The lowest BCUT2D eigenvalue weighted by Crippen LogP contribution is -2.38. The first-order valence-electron chi connectivity index (χ1n) is 7.07. The van der Waals surface area contributed by atoms with Crippen molar-refractivity contribution >= 4 is 10.0 Å². The summed E-state index contributed by atoms with van der Waals surface area (Å²) in [5.74, 6) is 0.824. The minimum absolute atomic E-state index is 0.0129. The molecule has 1 rings (SSSR count). The first kappa shape index (κ1) is 18.2. The van der Waals surface area contributed by atoms with Crippen molar-refractivity contribution in [1.82, 2.24) is 9.62 Å². The molecule has 0 bridgehead atoms. The average molecular weight is 318 g/mol. The van der Waals surface area contributed by atoms with Crippen LogP contribution >= 0.6 is 0 Å². The smallest absolute Gasteiger partial charge is 0.276 e. The Morgan fingerprint density at radius 2 is 2.00 bits per heavy atom. The Bertz CT molecular complexity index is 525. The van der Waals surface area contributed by atoms with Crippen LogP contribution in [0.2, 0.25) is 0 Å². The standard InChI is InChI=1S/C14H26N2O4S/c1-11(2)12(3)16(4)21(17,18)14-7-6-13(20-14)10-15-8-9-19-5/h6-7,11-12,15H,8-10H2,1-5H3. The lowest BCUT2D eigenvalue weighted by molar-refractivity contribution is 0.198. The molecular formula is C14H26N2O4S. The summed E-state index contributed by atoms with van der Waals surface area (Å²) in [4.78, 5) is 0. The van der Waals surface area contributed by atoms with E-state index in [0.717, 1.165) is 0 Å². The second kappa shape index (κ2) is 7.93. The van der Waals surface area contributed by atoms with Crippen molar-refractivity contribution in [1.29, 1.82) is 0 Å². The predicted molar refractivity (Wildman–Crippen MR) is 81.5 cm³/mol. The molecule has 0 saturated carbocycles. The van der Waals surface area contributed by atoms with Gasteiger partial charge in [-0.1, -0.05) is 13.8 Å². The molecule has 122 valence electrons. The molecule has 6 nitrogen and oxygen atoms in total. The van der Waals surface area contributed by atoms with E-state index >= 15 is 0 Å². The summed E-state index contributed by atoms with van der Waals surface area (Å²) in [6.45, 7) is 7.62. The van der Waals surface area contributed by atoms with E-state index in [0.29, 0.717) is 25.5 Å². The van der Waals surface area contributed by atoms with Crippen molar-refractivity contribution in [3.8, 4) is 0 Å². The van der Waals surface area contributed by atoms with Crippen molar-refractivity contribution in [2.45, 2.75) is 38.5 Å². The van der Waals surface area contributed by atoms with Gasteiger partial charge in [-0.05, 0) is 25.0 Å². The lowest BCUT2D eigenvalue weighted by Gasteiger charge is -2.26. The van der Waals surface area contributed by atoms with E-state index in [2.05, 4.69) is 5.32 Å². The summed E-state index contributed by atoms with van der Waals surface area (Å²) >= 11 is 0. The minimum Gasteiger partial charge on any atom is -0.447 e. The van der Waals surface area contributed by atoms with Crippen molar-refractivity contribution in [2.24, 2.45) is 5.92 Å². The van der Waals surface area contributed by atoms with Gasteiger partial charge in [-0.25, -0.2) is 8.42 Å². The Morgan fingerprint density at radius 1 is 1.33 bits per heavy atom. The molecule has 0 aliphatic heterocycles. The number of nitrogens with one attached hydrogen (secondary N) is 1. The van der Waals surface area contributed by atoms with Crippen LogP contribution in [0.15, 0.2) is 21.6 Å². The van der Waals surface area contributed by atoms with Crippen molar-refractivity contribution in [3.05, 3.63) is 17.9 Å². The summed E-state index contributed by atoms with van der Waals surface area (Å²) in [5, 5.41) is 3.10. The molecule has 1 aromatic heterocycles. The summed E-state index contributed by atoms with van der Waals surface area (Å²) in [6, 6.07) is 3.09. The molecule has 1 heterocycles. The van der Waals surface area contributed by atoms with Gasteiger partial charge in [-0.3, -0.25) is 0 Å². The predicted octanol–water partition coefficient (Wildman–Crippen LogP) is 1.68. The third kappa shape index (κ3) is 4.81. The maximum Gasteiger partial charge on any atom is 0.276 e. The molecule has 1 unspecified atom stereocenters. The molecule has 1 N–H and O–H groups in total. The monoisotopic (exact) mass is 318 g/mol. The van der Waals surface area contributed by atoms with Gasteiger partial charge in [0.1, 0.15) is 5.76 Å². The van der Waals surface area contributed by atoms with Gasteiger partial charge in [-0.15, -0.1) is 0 Å². The highest BCUT2D eigenvalue weighted by Gasteiger charge is 2.29. The Kier molecular flexibility index (Phi) is 6.86. The molecule has 0 aromatic carbocycles. The van der Waals surface area contributed by atoms with E-state index < -0.39 is 10.0 Å². The second-order valence-electron chi connectivity index (χ2n) is 5.40. The molecule has 0 radical (unpaired) electrons. The van der Waals surface area contributed by atoms with Crippen LogP contribution in [0.1, 0.15) is 26.5 Å². The third-order valence-corrected chi connectivity index (χ3v) is 5.41. The first-order valence-corrected chi connectivity index (χ1v) is 8.51. The van der Waals surface area contributed by atoms with Crippen LogP contribution in [-0.4, -0.2) is 46.1 Å². The topological polar surface area (TPSA) is 71.8 Å². The van der Waals surface area contributed by atoms with Crippen LogP contribution in [0, 0.1) is 5.92 Å². The third-order valence-electron chi connectivity index (χ3n) is 3.59. The number of nitrogens with zero attached hydrogens (tertiary/aromatic N) is 1. The Morgan fingerprint density at radius 3 is 2.57 bits per heavy atom. The zero-order valence-electron chi connectivity index (χ0n) is 13.4. The fourth-order valence-electron chi connectivity index (χ4n) is 1.76. The number of ether oxygens (including phenoxy) is 1. The van der Waals surface area contributed by atoms with E-state index in [1.54, 1.807) is 20.2 Å². The van der Waals surface area contributed by atoms with Crippen LogP contribution in [0.5, 0.6) is 0 Å². The highest BCUT2D eigenvalue weighted by atomic mass is 32.2. The van der Waals surface area contributed by atoms with Gasteiger partial charge in [0, 0.05) is 26.7 Å². The number of hydrogen-bond acceptors (Lipinski definition) is 5. The quantitative estimate of drug-likeness (QED) is 0.701. The maximum atomic E-state index is 12.5. The molecule has 21 heavy (non-hydrogen) atoms. The van der Waals surface area contributed by atoms with E-state index in [4.69, 9.17) is 9.15 Å². The summed E-state index contributed by atoms with van der Waals surface area (Å²) in [6.07, 6.45) is 0. The SMILES string of the molecule is COCCNCc1ccc(S(=O)(=O)N(C)C(C)C(C)C)o1. The molecule has 0 aliphatic carbocycles. The normalized spacial score (nSPS) is 14.0. The highest BCUT2D eigenvalue weighted by Crippen LogP contribution is 2.21. The second-order valence-corrected chi connectivity index (χ2v) is 7.32. The largest absolute Gasteiger partial charge is 0.447 e. The Labute approximate surface area is 127 Å². The lowest BCUT2D eigenvalue weighted by atomic mass is 10.1. The molecule has 0 spiro atoms. The van der Waals surface area contributed by atoms with Gasteiger partial charge < -0.3 is 14.5 Å². The molecule has 1 atom stereocenters. The fourth-order valence-corrected chi connectivity index (χ4v) is 3.18. The number of hydrogen-bond donors (Lipinski definition) is 1. The van der Waals surface area contributed by atoms with E-state index in [9.17, 15) is 8.42 Å². The van der Waals surface area contributed by atoms with E-state index in [-0.39, 0.29) is 17.1 Å². The molecule has 0 aliphatic rings.